The van der Waals surface area contributed by atoms with E-state index >= 15 is 0 Å². The molecule has 0 aliphatic carbocycles. The van der Waals surface area contributed by atoms with Gasteiger partial charge in [0.1, 0.15) is 5.82 Å². The summed E-state index contributed by atoms with van der Waals surface area (Å²) < 4.78 is 12.8. The maximum absolute atomic E-state index is 12.8. The van der Waals surface area contributed by atoms with Crippen molar-refractivity contribution in [2.24, 2.45) is 0 Å². The van der Waals surface area contributed by atoms with Gasteiger partial charge in [0.15, 0.2) is 0 Å². The summed E-state index contributed by atoms with van der Waals surface area (Å²) in [4.78, 5) is 1.21. The number of fused-ring (bicyclic) bond motifs is 1. The van der Waals surface area contributed by atoms with Crippen LogP contribution in [0.3, 0.4) is 0 Å². The Labute approximate surface area is 75.4 Å². The van der Waals surface area contributed by atoms with E-state index in [1.165, 1.54) is 11.0 Å². The van der Waals surface area contributed by atoms with Crippen LogP contribution in [0.4, 0.5) is 4.39 Å². The SMILES string of the molecule is Fc1ccc2c(c1)CNCCS2. The van der Waals surface area contributed by atoms with Gasteiger partial charge in [-0.1, -0.05) is 0 Å². The van der Waals surface area contributed by atoms with Gasteiger partial charge < -0.3 is 5.32 Å². The molecule has 0 atom stereocenters. The number of hydrogen-bond donors (Lipinski definition) is 1. The molecule has 0 saturated carbocycles. The zero-order chi connectivity index (χ0) is 8.39. The molecule has 1 aliphatic heterocycles. The van der Waals surface area contributed by atoms with Crippen molar-refractivity contribution < 1.29 is 4.39 Å². The number of rotatable bonds is 0. The Bertz CT molecular complexity index is 288. The van der Waals surface area contributed by atoms with Crippen LogP contribution in [0.2, 0.25) is 0 Å². The van der Waals surface area contributed by atoms with Crippen LogP contribution in [-0.4, -0.2) is 12.3 Å². The van der Waals surface area contributed by atoms with Crippen molar-refractivity contribution in [2.45, 2.75) is 11.4 Å². The average molecular weight is 183 g/mol. The van der Waals surface area contributed by atoms with Crippen molar-refractivity contribution in [2.75, 3.05) is 12.3 Å². The Kier molecular flexibility index (Phi) is 2.33. The topological polar surface area (TPSA) is 12.0 Å². The monoisotopic (exact) mass is 183 g/mol. The second kappa shape index (κ2) is 3.46. The molecule has 0 fully saturated rings. The van der Waals surface area contributed by atoms with Crippen molar-refractivity contribution in [1.29, 1.82) is 0 Å². The molecule has 0 amide bonds. The van der Waals surface area contributed by atoms with E-state index in [4.69, 9.17) is 0 Å². The molecule has 12 heavy (non-hydrogen) atoms. The highest BCUT2D eigenvalue weighted by molar-refractivity contribution is 7.99. The fourth-order valence-electron chi connectivity index (χ4n) is 1.28. The number of nitrogens with one attached hydrogen (secondary N) is 1. The van der Waals surface area contributed by atoms with E-state index in [0.29, 0.717) is 0 Å². The van der Waals surface area contributed by atoms with Crippen molar-refractivity contribution in [3.05, 3.63) is 29.6 Å². The van der Waals surface area contributed by atoms with Crippen molar-refractivity contribution in [3.63, 3.8) is 0 Å². The van der Waals surface area contributed by atoms with E-state index in [2.05, 4.69) is 5.32 Å². The van der Waals surface area contributed by atoms with E-state index in [1.54, 1.807) is 17.8 Å². The van der Waals surface area contributed by atoms with Gasteiger partial charge in [-0.2, -0.15) is 0 Å². The molecule has 3 heteroatoms. The van der Waals surface area contributed by atoms with Gasteiger partial charge in [-0.05, 0) is 23.8 Å². The minimum atomic E-state index is -0.141. The molecule has 0 saturated heterocycles. The first kappa shape index (κ1) is 8.08. The molecule has 1 heterocycles. The third-order valence-corrected chi connectivity index (χ3v) is 2.99. The van der Waals surface area contributed by atoms with Crippen LogP contribution >= 0.6 is 11.8 Å². The summed E-state index contributed by atoms with van der Waals surface area (Å²) in [5.41, 5.74) is 1.08. The lowest BCUT2D eigenvalue weighted by Crippen LogP contribution is -2.13. The summed E-state index contributed by atoms with van der Waals surface area (Å²) in [5.74, 6) is 0.927. The number of thioether (sulfide) groups is 1. The molecule has 1 aliphatic rings. The molecule has 0 radical (unpaired) electrons. The molecule has 1 nitrogen and oxygen atoms in total. The Morgan fingerprint density at radius 2 is 2.33 bits per heavy atom. The molecule has 1 N–H and O–H groups in total. The fraction of sp³-hybridized carbons (Fsp3) is 0.333. The van der Waals surface area contributed by atoms with Crippen molar-refractivity contribution in [1.82, 2.24) is 5.32 Å². The molecule has 0 unspecified atom stereocenters. The standard InChI is InChI=1S/C9H10FNS/c10-8-1-2-9-7(5-8)6-11-3-4-12-9/h1-2,5,11H,3-4,6H2. The minimum Gasteiger partial charge on any atom is -0.312 e. The molecule has 0 bridgehead atoms. The molecular formula is C9H10FNS. The summed E-state index contributed by atoms with van der Waals surface area (Å²) in [6.07, 6.45) is 0. The summed E-state index contributed by atoms with van der Waals surface area (Å²) in [7, 11) is 0. The smallest absolute Gasteiger partial charge is 0.123 e. The van der Waals surface area contributed by atoms with Gasteiger partial charge in [0.05, 0.1) is 0 Å². The molecule has 0 spiro atoms. The van der Waals surface area contributed by atoms with E-state index in [-0.39, 0.29) is 5.82 Å². The second-order valence-electron chi connectivity index (χ2n) is 2.78. The fourth-order valence-corrected chi connectivity index (χ4v) is 2.23. The Morgan fingerprint density at radius 3 is 3.25 bits per heavy atom. The zero-order valence-electron chi connectivity index (χ0n) is 6.64. The number of benzene rings is 1. The minimum absolute atomic E-state index is 0.141. The van der Waals surface area contributed by atoms with Crippen LogP contribution in [0.1, 0.15) is 5.56 Å². The van der Waals surface area contributed by atoms with Gasteiger partial charge >= 0.3 is 0 Å². The highest BCUT2D eigenvalue weighted by Crippen LogP contribution is 2.24. The molecule has 1 aromatic rings. The Balaban J connectivity index is 2.36. The lowest BCUT2D eigenvalue weighted by atomic mass is 10.2. The van der Waals surface area contributed by atoms with Gasteiger partial charge in [-0.15, -0.1) is 11.8 Å². The van der Waals surface area contributed by atoms with Gasteiger partial charge in [0, 0.05) is 23.7 Å². The first-order chi connectivity index (χ1) is 5.86. The maximum atomic E-state index is 12.8. The maximum Gasteiger partial charge on any atom is 0.123 e. The first-order valence-electron chi connectivity index (χ1n) is 3.98. The predicted octanol–water partition coefficient (Wildman–Crippen LogP) is 2.02. The quantitative estimate of drug-likeness (QED) is 0.660. The molecule has 0 aromatic heterocycles. The Hall–Kier alpha value is -0.540. The lowest BCUT2D eigenvalue weighted by molar-refractivity contribution is 0.620. The highest BCUT2D eigenvalue weighted by atomic mass is 32.2. The summed E-state index contributed by atoms with van der Waals surface area (Å²) in [5, 5.41) is 3.24. The number of hydrogen-bond acceptors (Lipinski definition) is 2. The molecule has 64 valence electrons. The number of halogens is 1. The third kappa shape index (κ3) is 1.62. The normalized spacial score (nSPS) is 16.8. The van der Waals surface area contributed by atoms with Crippen molar-refractivity contribution in [3.8, 4) is 0 Å². The second-order valence-corrected chi connectivity index (χ2v) is 3.91. The van der Waals surface area contributed by atoms with E-state index in [9.17, 15) is 4.39 Å². The van der Waals surface area contributed by atoms with Crippen LogP contribution in [-0.2, 0) is 6.54 Å². The zero-order valence-corrected chi connectivity index (χ0v) is 7.46. The van der Waals surface area contributed by atoms with Gasteiger partial charge in [0.2, 0.25) is 0 Å². The van der Waals surface area contributed by atoms with E-state index in [1.807, 2.05) is 6.07 Å². The highest BCUT2D eigenvalue weighted by Gasteiger charge is 2.07. The van der Waals surface area contributed by atoms with E-state index in [0.717, 1.165) is 24.4 Å². The van der Waals surface area contributed by atoms with Crippen LogP contribution in [0, 0.1) is 5.82 Å². The van der Waals surface area contributed by atoms with Crippen LogP contribution in [0.25, 0.3) is 0 Å². The third-order valence-electron chi connectivity index (χ3n) is 1.87. The van der Waals surface area contributed by atoms with Crippen LogP contribution in [0.15, 0.2) is 23.1 Å². The largest absolute Gasteiger partial charge is 0.312 e. The lowest BCUT2D eigenvalue weighted by Gasteiger charge is -2.03. The molecule has 1 aromatic carbocycles. The van der Waals surface area contributed by atoms with Gasteiger partial charge in [-0.25, -0.2) is 4.39 Å². The summed E-state index contributed by atoms with van der Waals surface area (Å²) >= 11 is 1.79. The van der Waals surface area contributed by atoms with Crippen molar-refractivity contribution >= 4 is 11.8 Å². The average Bonchev–Trinajstić information content (AvgIpc) is 2.28. The first-order valence-corrected chi connectivity index (χ1v) is 4.97. The van der Waals surface area contributed by atoms with Gasteiger partial charge in [0.25, 0.3) is 0 Å². The summed E-state index contributed by atoms with van der Waals surface area (Å²) in [6, 6.07) is 5.00. The van der Waals surface area contributed by atoms with Gasteiger partial charge in [-0.3, -0.25) is 0 Å². The van der Waals surface area contributed by atoms with E-state index < -0.39 is 0 Å². The Morgan fingerprint density at radius 1 is 1.42 bits per heavy atom. The molecular weight excluding hydrogens is 173 g/mol. The van der Waals surface area contributed by atoms with Crippen LogP contribution in [0.5, 0.6) is 0 Å². The predicted molar refractivity (Wildman–Crippen MR) is 48.8 cm³/mol. The molecule has 2 rings (SSSR count). The summed E-state index contributed by atoms with van der Waals surface area (Å²) in [6.45, 7) is 1.79. The van der Waals surface area contributed by atoms with Crippen LogP contribution < -0.4 is 5.32 Å².